The molecule has 1 aliphatic heterocycles. The maximum Gasteiger partial charge on any atom is 0.127 e. The molecule has 2 N–H and O–H groups in total. The van der Waals surface area contributed by atoms with E-state index in [9.17, 15) is 9.50 Å². The first-order valence-electron chi connectivity index (χ1n) is 5.34. The average Bonchev–Trinajstić information content (AvgIpc) is 2.13. The molecule has 4 heteroatoms. The summed E-state index contributed by atoms with van der Waals surface area (Å²) in [5.74, 6) is -0.440. The molecule has 2 rings (SSSR count). The first kappa shape index (κ1) is 11.4. The van der Waals surface area contributed by atoms with Crippen molar-refractivity contribution in [3.63, 3.8) is 0 Å². The number of phenolic OH excluding ortho intramolecular Hbond substituents is 1. The normalized spacial score (nSPS) is 18.1. The van der Waals surface area contributed by atoms with Crippen LogP contribution in [0.3, 0.4) is 0 Å². The summed E-state index contributed by atoms with van der Waals surface area (Å²) in [5.41, 5.74) is 0.955. The van der Waals surface area contributed by atoms with E-state index < -0.39 is 5.82 Å². The zero-order valence-electron chi connectivity index (χ0n) is 9.29. The number of hydrogen-bond donors (Lipinski definition) is 2. The van der Waals surface area contributed by atoms with Gasteiger partial charge in [0.1, 0.15) is 11.6 Å². The van der Waals surface area contributed by atoms with Crippen LogP contribution in [0.25, 0.3) is 0 Å². The summed E-state index contributed by atoms with van der Waals surface area (Å²) in [7, 11) is 0. The van der Waals surface area contributed by atoms with Crippen LogP contribution in [-0.4, -0.2) is 24.9 Å². The molecule has 1 saturated heterocycles. The summed E-state index contributed by atoms with van der Waals surface area (Å²) in [6.45, 7) is 5.08. The molecule has 88 valence electrons. The molecule has 1 fully saturated rings. The summed E-state index contributed by atoms with van der Waals surface area (Å²) in [5, 5.41) is 12.5. The third-order valence-corrected chi connectivity index (χ3v) is 2.72. The van der Waals surface area contributed by atoms with Crippen LogP contribution in [0.1, 0.15) is 12.5 Å². The molecular weight excluding hydrogens is 209 g/mol. The number of benzene rings is 1. The maximum absolute atomic E-state index is 13.0. The Labute approximate surface area is 94.2 Å². The highest BCUT2D eigenvalue weighted by Gasteiger charge is 2.32. The van der Waals surface area contributed by atoms with Gasteiger partial charge in [-0.05, 0) is 17.7 Å². The van der Waals surface area contributed by atoms with E-state index in [4.69, 9.17) is 4.74 Å². The highest BCUT2D eigenvalue weighted by atomic mass is 19.1. The molecule has 1 aliphatic rings. The highest BCUT2D eigenvalue weighted by molar-refractivity contribution is 5.28. The maximum atomic E-state index is 13.0. The van der Waals surface area contributed by atoms with Gasteiger partial charge in [0, 0.05) is 24.6 Å². The Morgan fingerprint density at radius 2 is 2.19 bits per heavy atom. The third-order valence-electron chi connectivity index (χ3n) is 2.72. The van der Waals surface area contributed by atoms with Crippen LogP contribution >= 0.6 is 0 Å². The Morgan fingerprint density at radius 3 is 2.75 bits per heavy atom. The van der Waals surface area contributed by atoms with Gasteiger partial charge < -0.3 is 15.2 Å². The van der Waals surface area contributed by atoms with Gasteiger partial charge in [-0.3, -0.25) is 0 Å². The number of ether oxygens (including phenoxy) is 1. The highest BCUT2D eigenvalue weighted by Crippen LogP contribution is 2.25. The molecule has 1 aromatic carbocycles. The van der Waals surface area contributed by atoms with Gasteiger partial charge in [-0.2, -0.15) is 0 Å². The van der Waals surface area contributed by atoms with Crippen LogP contribution in [-0.2, 0) is 11.3 Å². The van der Waals surface area contributed by atoms with E-state index in [-0.39, 0.29) is 11.2 Å². The van der Waals surface area contributed by atoms with Crippen molar-refractivity contribution >= 4 is 0 Å². The van der Waals surface area contributed by atoms with Crippen LogP contribution in [0.2, 0.25) is 0 Å². The van der Waals surface area contributed by atoms with Crippen LogP contribution in [0, 0.1) is 11.2 Å². The predicted octanol–water partition coefficient (Wildman–Crippen LogP) is 1.66. The minimum Gasteiger partial charge on any atom is -0.508 e. The summed E-state index contributed by atoms with van der Waals surface area (Å²) < 4.78 is 18.1. The topological polar surface area (TPSA) is 41.5 Å². The molecule has 16 heavy (non-hydrogen) atoms. The second kappa shape index (κ2) is 4.39. The molecule has 0 spiro atoms. The standard InChI is InChI=1S/C12H16FNO2/c1-12(7-16-8-12)6-14-5-9-2-10(13)4-11(15)3-9/h2-4,14-15H,5-8H2,1H3. The quantitative estimate of drug-likeness (QED) is 0.818. The Balaban J connectivity index is 1.84. The molecule has 0 radical (unpaired) electrons. The SMILES string of the molecule is CC1(CNCc2cc(O)cc(F)c2)COC1. The lowest BCUT2D eigenvalue weighted by molar-refractivity contribution is -0.0991. The van der Waals surface area contributed by atoms with Crippen molar-refractivity contribution in [3.8, 4) is 5.75 Å². The van der Waals surface area contributed by atoms with E-state index in [0.29, 0.717) is 6.54 Å². The number of halogens is 1. The Hall–Kier alpha value is -1.13. The van der Waals surface area contributed by atoms with Gasteiger partial charge in [0.2, 0.25) is 0 Å². The van der Waals surface area contributed by atoms with Gasteiger partial charge in [-0.15, -0.1) is 0 Å². The van der Waals surface area contributed by atoms with Crippen LogP contribution in [0.5, 0.6) is 5.75 Å². The van der Waals surface area contributed by atoms with Gasteiger partial charge in [0.15, 0.2) is 0 Å². The van der Waals surface area contributed by atoms with Gasteiger partial charge in [-0.25, -0.2) is 4.39 Å². The lowest BCUT2D eigenvalue weighted by Gasteiger charge is -2.38. The smallest absolute Gasteiger partial charge is 0.127 e. The van der Waals surface area contributed by atoms with Gasteiger partial charge in [-0.1, -0.05) is 6.92 Å². The van der Waals surface area contributed by atoms with Crippen LogP contribution in [0.15, 0.2) is 18.2 Å². The third kappa shape index (κ3) is 2.71. The molecule has 0 saturated carbocycles. The minimum absolute atomic E-state index is 0.0324. The van der Waals surface area contributed by atoms with Gasteiger partial charge in [0.25, 0.3) is 0 Å². The fourth-order valence-corrected chi connectivity index (χ4v) is 1.80. The first-order valence-corrected chi connectivity index (χ1v) is 5.34. The average molecular weight is 225 g/mol. The molecule has 0 aliphatic carbocycles. The monoisotopic (exact) mass is 225 g/mol. The second-order valence-electron chi connectivity index (χ2n) is 4.72. The largest absolute Gasteiger partial charge is 0.508 e. The Kier molecular flexibility index (Phi) is 3.12. The molecule has 0 amide bonds. The number of nitrogens with one attached hydrogen (secondary N) is 1. The van der Waals surface area contributed by atoms with E-state index in [1.807, 2.05) is 0 Å². The lowest BCUT2D eigenvalue weighted by Crippen LogP contribution is -2.47. The fourth-order valence-electron chi connectivity index (χ4n) is 1.80. The predicted molar refractivity (Wildman–Crippen MR) is 58.7 cm³/mol. The van der Waals surface area contributed by atoms with Crippen molar-refractivity contribution < 1.29 is 14.2 Å². The van der Waals surface area contributed by atoms with Crippen molar-refractivity contribution in [2.75, 3.05) is 19.8 Å². The van der Waals surface area contributed by atoms with Gasteiger partial charge >= 0.3 is 0 Å². The number of aromatic hydroxyl groups is 1. The fraction of sp³-hybridized carbons (Fsp3) is 0.500. The zero-order valence-corrected chi connectivity index (χ0v) is 9.29. The lowest BCUT2D eigenvalue weighted by atomic mass is 9.89. The summed E-state index contributed by atoms with van der Waals surface area (Å²) in [6.07, 6.45) is 0. The Bertz CT molecular complexity index is 357. The molecule has 1 heterocycles. The van der Waals surface area contributed by atoms with Crippen LogP contribution < -0.4 is 5.32 Å². The number of phenols is 1. The van der Waals surface area contributed by atoms with Crippen LogP contribution in [0.4, 0.5) is 4.39 Å². The summed E-state index contributed by atoms with van der Waals surface area (Å²) in [4.78, 5) is 0. The molecule has 0 bridgehead atoms. The number of hydrogen-bond acceptors (Lipinski definition) is 3. The molecule has 0 unspecified atom stereocenters. The molecular formula is C12H16FNO2. The van der Waals surface area contributed by atoms with Crippen molar-refractivity contribution in [1.82, 2.24) is 5.32 Å². The first-order chi connectivity index (χ1) is 7.57. The minimum atomic E-state index is -0.407. The van der Waals surface area contributed by atoms with Crippen molar-refractivity contribution in [2.45, 2.75) is 13.5 Å². The van der Waals surface area contributed by atoms with Gasteiger partial charge in [0.05, 0.1) is 13.2 Å². The van der Waals surface area contributed by atoms with E-state index in [1.165, 1.54) is 6.07 Å². The summed E-state index contributed by atoms with van der Waals surface area (Å²) >= 11 is 0. The molecule has 0 atom stereocenters. The zero-order chi connectivity index (χ0) is 11.6. The molecule has 0 aromatic heterocycles. The van der Waals surface area contributed by atoms with E-state index >= 15 is 0 Å². The summed E-state index contributed by atoms with van der Waals surface area (Å²) in [6, 6.07) is 4.09. The molecule has 1 aromatic rings. The van der Waals surface area contributed by atoms with Crippen molar-refractivity contribution in [2.24, 2.45) is 5.41 Å². The number of rotatable bonds is 4. The van der Waals surface area contributed by atoms with E-state index in [0.717, 1.165) is 31.4 Å². The van der Waals surface area contributed by atoms with Crippen molar-refractivity contribution in [1.29, 1.82) is 0 Å². The van der Waals surface area contributed by atoms with Crippen molar-refractivity contribution in [3.05, 3.63) is 29.6 Å². The molecule has 3 nitrogen and oxygen atoms in total. The Morgan fingerprint density at radius 1 is 1.44 bits per heavy atom. The second-order valence-corrected chi connectivity index (χ2v) is 4.72. The van der Waals surface area contributed by atoms with E-state index in [2.05, 4.69) is 12.2 Å². The van der Waals surface area contributed by atoms with E-state index in [1.54, 1.807) is 6.07 Å².